The number of nitrogens with zero attached hydrogens (tertiary/aromatic N) is 1. The molecule has 9 aromatic carbocycles. The molecular weight excluding hydrogens is 647 g/mol. The van der Waals surface area contributed by atoms with Crippen molar-refractivity contribution in [1.82, 2.24) is 0 Å². The van der Waals surface area contributed by atoms with Crippen molar-refractivity contribution in [2.75, 3.05) is 4.90 Å². The van der Waals surface area contributed by atoms with Gasteiger partial charge in [0.25, 0.3) is 0 Å². The second-order valence-corrected chi connectivity index (χ2v) is 13.8. The van der Waals surface area contributed by atoms with Crippen LogP contribution in [0.5, 0.6) is 0 Å². The quantitative estimate of drug-likeness (QED) is 0.182. The molecule has 11 rings (SSSR count). The van der Waals surface area contributed by atoms with Gasteiger partial charge in [0, 0.05) is 33.2 Å². The largest absolute Gasteiger partial charge is 0.456 e. The first-order chi connectivity index (χ1) is 26.2. The summed E-state index contributed by atoms with van der Waals surface area (Å²) in [6.07, 6.45) is 0. The Kier molecular flexibility index (Phi) is 6.55. The van der Waals surface area contributed by atoms with Gasteiger partial charge in [0.1, 0.15) is 22.3 Å². The molecule has 0 atom stereocenters. The van der Waals surface area contributed by atoms with Crippen LogP contribution in [0, 0.1) is 0 Å². The Bertz CT molecular complexity index is 3060. The summed E-state index contributed by atoms with van der Waals surface area (Å²) in [6.45, 7) is 0. The second kappa shape index (κ2) is 11.7. The van der Waals surface area contributed by atoms with Crippen LogP contribution in [0.1, 0.15) is 0 Å². The Balaban J connectivity index is 1.06. The van der Waals surface area contributed by atoms with Crippen LogP contribution in [-0.4, -0.2) is 0 Å². The third kappa shape index (κ3) is 4.90. The summed E-state index contributed by atoms with van der Waals surface area (Å²) < 4.78 is 13.1. The number of fused-ring (bicyclic) bond motifs is 9. The lowest BCUT2D eigenvalue weighted by Crippen LogP contribution is -2.09. The molecule has 0 fully saturated rings. The van der Waals surface area contributed by atoms with E-state index in [0.29, 0.717) is 0 Å². The van der Waals surface area contributed by atoms with Crippen LogP contribution in [0.4, 0.5) is 17.1 Å². The van der Waals surface area contributed by atoms with Gasteiger partial charge in [-0.2, -0.15) is 0 Å². The average Bonchev–Trinajstić information content (AvgIpc) is 3.77. The van der Waals surface area contributed by atoms with Gasteiger partial charge in [0.15, 0.2) is 0 Å². The van der Waals surface area contributed by atoms with Crippen LogP contribution >= 0.6 is 0 Å². The summed E-state index contributed by atoms with van der Waals surface area (Å²) >= 11 is 0. The number of hydrogen-bond acceptors (Lipinski definition) is 3. The van der Waals surface area contributed by atoms with Crippen LogP contribution in [0.15, 0.2) is 197 Å². The zero-order chi connectivity index (χ0) is 34.9. The second-order valence-electron chi connectivity index (χ2n) is 13.8. The molecule has 0 aliphatic carbocycles. The van der Waals surface area contributed by atoms with Gasteiger partial charge < -0.3 is 13.7 Å². The first-order valence-corrected chi connectivity index (χ1v) is 18.0. The molecule has 11 aromatic rings. The summed E-state index contributed by atoms with van der Waals surface area (Å²) in [7, 11) is 0. The van der Waals surface area contributed by atoms with Crippen molar-refractivity contribution in [3.05, 3.63) is 188 Å². The highest BCUT2D eigenvalue weighted by Gasteiger charge is 2.19. The lowest BCUT2D eigenvalue weighted by atomic mass is 10.0. The molecular formula is C50H31NO2. The molecule has 248 valence electrons. The Morgan fingerprint density at radius 3 is 1.47 bits per heavy atom. The minimum Gasteiger partial charge on any atom is -0.456 e. The molecule has 0 amide bonds. The lowest BCUT2D eigenvalue weighted by molar-refractivity contribution is 0.663. The summed E-state index contributed by atoms with van der Waals surface area (Å²) in [5.41, 5.74) is 11.4. The van der Waals surface area contributed by atoms with Crippen molar-refractivity contribution in [1.29, 1.82) is 0 Å². The van der Waals surface area contributed by atoms with Crippen molar-refractivity contribution in [2.24, 2.45) is 0 Å². The van der Waals surface area contributed by atoms with E-state index in [0.717, 1.165) is 77.1 Å². The van der Waals surface area contributed by atoms with E-state index in [1.54, 1.807) is 0 Å². The third-order valence-electron chi connectivity index (χ3n) is 10.6. The monoisotopic (exact) mass is 677 g/mol. The normalized spacial score (nSPS) is 11.8. The molecule has 0 bridgehead atoms. The maximum Gasteiger partial charge on any atom is 0.147 e. The highest BCUT2D eigenvalue weighted by atomic mass is 16.3. The number of furan rings is 2. The molecule has 3 nitrogen and oxygen atoms in total. The molecule has 0 aliphatic rings. The molecule has 2 heterocycles. The zero-order valence-corrected chi connectivity index (χ0v) is 28.7. The van der Waals surface area contributed by atoms with E-state index in [2.05, 4.69) is 193 Å². The fraction of sp³-hybridized carbons (Fsp3) is 0. The van der Waals surface area contributed by atoms with Crippen LogP contribution in [0.2, 0.25) is 0 Å². The number of rotatable bonds is 5. The Morgan fingerprint density at radius 2 is 0.811 bits per heavy atom. The van der Waals surface area contributed by atoms with Gasteiger partial charge in [-0.05, 0) is 117 Å². The fourth-order valence-electron chi connectivity index (χ4n) is 7.96. The van der Waals surface area contributed by atoms with Crippen molar-refractivity contribution in [2.45, 2.75) is 0 Å². The van der Waals surface area contributed by atoms with Crippen molar-refractivity contribution in [3.8, 4) is 22.3 Å². The molecule has 0 aliphatic heterocycles. The molecule has 53 heavy (non-hydrogen) atoms. The van der Waals surface area contributed by atoms with E-state index >= 15 is 0 Å². The van der Waals surface area contributed by atoms with E-state index in [4.69, 9.17) is 8.83 Å². The van der Waals surface area contributed by atoms with E-state index in [1.165, 1.54) is 27.6 Å². The SMILES string of the molecule is c1ccc(-c2ccc(N(c3ccc(-c4ccccc4)cc3)c3ccc4cc5c(cc4c3)oc3c5ccc4oc5cc6ccccc6cc5c43)cc2)cc1. The summed E-state index contributed by atoms with van der Waals surface area (Å²) in [5, 5.41) is 8.90. The van der Waals surface area contributed by atoms with Gasteiger partial charge in [-0.25, -0.2) is 0 Å². The van der Waals surface area contributed by atoms with E-state index in [1.807, 2.05) is 0 Å². The van der Waals surface area contributed by atoms with Gasteiger partial charge >= 0.3 is 0 Å². The first kappa shape index (κ1) is 29.6. The predicted octanol–water partition coefficient (Wildman–Crippen LogP) is 14.6. The molecule has 0 saturated carbocycles. The van der Waals surface area contributed by atoms with Gasteiger partial charge in [-0.15, -0.1) is 0 Å². The number of anilines is 3. The summed E-state index contributed by atoms with van der Waals surface area (Å²) in [5.74, 6) is 0. The highest BCUT2D eigenvalue weighted by Crippen LogP contribution is 2.43. The minimum atomic E-state index is 0.834. The standard InChI is InChI=1S/C50H31NO2/c1-3-9-32(10-4-1)34-15-20-40(21-16-34)51(41-22-17-35(18-23-41)33-11-5-2-6-12-33)42-24-19-38-28-44-43-25-26-46-49(50(43)53-47(44)31-39(38)27-42)45-29-36-13-7-8-14-37(36)30-48(45)52-46/h1-31H. The van der Waals surface area contributed by atoms with Gasteiger partial charge in [0.2, 0.25) is 0 Å². The van der Waals surface area contributed by atoms with Crippen molar-refractivity contribution >= 4 is 82.5 Å². The predicted molar refractivity (Wildman–Crippen MR) is 222 cm³/mol. The van der Waals surface area contributed by atoms with Gasteiger partial charge in [-0.3, -0.25) is 0 Å². The Labute approximate surface area is 305 Å². The van der Waals surface area contributed by atoms with Crippen molar-refractivity contribution in [3.63, 3.8) is 0 Å². The third-order valence-corrected chi connectivity index (χ3v) is 10.6. The lowest BCUT2D eigenvalue weighted by Gasteiger charge is -2.26. The van der Waals surface area contributed by atoms with Crippen LogP contribution < -0.4 is 4.90 Å². The van der Waals surface area contributed by atoms with Crippen LogP contribution in [-0.2, 0) is 0 Å². The first-order valence-electron chi connectivity index (χ1n) is 18.0. The van der Waals surface area contributed by atoms with Gasteiger partial charge in [0.05, 0.1) is 5.39 Å². The fourth-order valence-corrected chi connectivity index (χ4v) is 7.96. The molecule has 2 aromatic heterocycles. The van der Waals surface area contributed by atoms with E-state index in [9.17, 15) is 0 Å². The van der Waals surface area contributed by atoms with Crippen LogP contribution in [0.25, 0.3) is 87.7 Å². The number of hydrogen-bond donors (Lipinski definition) is 0. The van der Waals surface area contributed by atoms with Crippen molar-refractivity contribution < 1.29 is 8.83 Å². The molecule has 3 heteroatoms. The maximum atomic E-state index is 6.76. The topological polar surface area (TPSA) is 29.5 Å². The average molecular weight is 678 g/mol. The van der Waals surface area contributed by atoms with Crippen LogP contribution in [0.3, 0.4) is 0 Å². The number of benzene rings is 9. The van der Waals surface area contributed by atoms with E-state index < -0.39 is 0 Å². The molecule has 0 unspecified atom stereocenters. The smallest absolute Gasteiger partial charge is 0.147 e. The Morgan fingerprint density at radius 1 is 0.302 bits per heavy atom. The maximum absolute atomic E-state index is 6.76. The summed E-state index contributed by atoms with van der Waals surface area (Å²) in [4.78, 5) is 2.33. The Hall–Kier alpha value is -7.10. The zero-order valence-electron chi connectivity index (χ0n) is 28.7. The molecule has 0 spiro atoms. The van der Waals surface area contributed by atoms with E-state index in [-0.39, 0.29) is 0 Å². The highest BCUT2D eigenvalue weighted by molar-refractivity contribution is 6.24. The van der Waals surface area contributed by atoms with Gasteiger partial charge in [-0.1, -0.05) is 115 Å². The molecule has 0 radical (unpaired) electrons. The summed E-state index contributed by atoms with van der Waals surface area (Å²) in [6, 6.07) is 66.9. The molecule has 0 saturated heterocycles. The molecule has 0 N–H and O–H groups in total. The minimum absolute atomic E-state index is 0.834.